The van der Waals surface area contributed by atoms with Gasteiger partial charge >= 0.3 is 0 Å². The van der Waals surface area contributed by atoms with Crippen LogP contribution in [0.1, 0.15) is 5.56 Å². The minimum absolute atomic E-state index is 0.0619. The van der Waals surface area contributed by atoms with E-state index in [2.05, 4.69) is 25.6 Å². The molecule has 1 aliphatic heterocycles. The molecule has 0 aliphatic carbocycles. The van der Waals surface area contributed by atoms with Gasteiger partial charge in [0.05, 0.1) is 17.9 Å². The number of amides is 1. The lowest BCUT2D eigenvalue weighted by Gasteiger charge is -2.09. The number of fused-ring (bicyclic) bond motifs is 1. The summed E-state index contributed by atoms with van der Waals surface area (Å²) in [5, 5.41) is 13.4. The van der Waals surface area contributed by atoms with Gasteiger partial charge in [-0.25, -0.2) is 8.42 Å². The highest BCUT2D eigenvalue weighted by molar-refractivity contribution is 7.92. The van der Waals surface area contributed by atoms with E-state index >= 15 is 0 Å². The van der Waals surface area contributed by atoms with E-state index in [0.29, 0.717) is 30.2 Å². The number of methoxy groups -OCH3 is 1. The van der Waals surface area contributed by atoms with Gasteiger partial charge in [0, 0.05) is 19.3 Å². The Kier molecular flexibility index (Phi) is 4.81. The maximum absolute atomic E-state index is 12.5. The number of anilines is 3. The fourth-order valence-corrected chi connectivity index (χ4v) is 3.38. The van der Waals surface area contributed by atoms with Gasteiger partial charge in [-0.3, -0.25) is 9.52 Å². The molecule has 1 amide bonds. The predicted octanol–water partition coefficient (Wildman–Crippen LogP) is 0.830. The monoisotopic (exact) mass is 363 g/mol. The Morgan fingerprint density at radius 2 is 1.96 bits per heavy atom. The van der Waals surface area contributed by atoms with Crippen LogP contribution in [0, 0.1) is 0 Å². The average molecular weight is 363 g/mol. The van der Waals surface area contributed by atoms with E-state index in [-0.39, 0.29) is 23.0 Å². The predicted molar refractivity (Wildman–Crippen MR) is 92.0 cm³/mol. The Morgan fingerprint density at radius 1 is 1.20 bits per heavy atom. The van der Waals surface area contributed by atoms with Crippen molar-refractivity contribution in [1.29, 1.82) is 0 Å². The van der Waals surface area contributed by atoms with Crippen molar-refractivity contribution in [2.24, 2.45) is 0 Å². The molecule has 132 valence electrons. The third-order valence-corrected chi connectivity index (χ3v) is 4.88. The Labute approximate surface area is 144 Å². The fraction of sp³-hybridized carbons (Fsp3) is 0.267. The normalized spacial score (nSPS) is 13.2. The number of carbonyl (C=O) groups excluding carboxylic acids is 1. The van der Waals surface area contributed by atoms with Gasteiger partial charge < -0.3 is 15.4 Å². The van der Waals surface area contributed by atoms with Crippen molar-refractivity contribution in [3.8, 4) is 0 Å². The van der Waals surface area contributed by atoms with Gasteiger partial charge in [-0.15, -0.1) is 10.2 Å². The van der Waals surface area contributed by atoms with Gasteiger partial charge in [-0.2, -0.15) is 0 Å². The van der Waals surface area contributed by atoms with Crippen molar-refractivity contribution >= 4 is 33.3 Å². The van der Waals surface area contributed by atoms with Crippen LogP contribution in [-0.2, 0) is 26.0 Å². The quantitative estimate of drug-likeness (QED) is 0.623. The first-order chi connectivity index (χ1) is 12.0. The van der Waals surface area contributed by atoms with Gasteiger partial charge in [-0.05, 0) is 35.9 Å². The molecular weight excluding hydrogens is 346 g/mol. The topological polar surface area (TPSA) is 122 Å². The maximum atomic E-state index is 12.5. The number of hydrogen-bond acceptors (Lipinski definition) is 7. The molecule has 0 fully saturated rings. The van der Waals surface area contributed by atoms with E-state index in [4.69, 9.17) is 4.74 Å². The zero-order valence-electron chi connectivity index (χ0n) is 13.4. The number of nitrogens with zero attached hydrogens (tertiary/aromatic N) is 2. The first-order valence-corrected chi connectivity index (χ1v) is 8.98. The number of hydrogen-bond donors (Lipinski definition) is 3. The van der Waals surface area contributed by atoms with Crippen molar-refractivity contribution in [2.45, 2.75) is 11.3 Å². The molecule has 0 saturated heterocycles. The molecule has 25 heavy (non-hydrogen) atoms. The smallest absolute Gasteiger partial charge is 0.263 e. The molecule has 9 nitrogen and oxygen atoms in total. The Bertz CT molecular complexity index is 883. The number of sulfonamides is 1. The van der Waals surface area contributed by atoms with Crippen LogP contribution in [0.2, 0.25) is 0 Å². The molecule has 0 spiro atoms. The van der Waals surface area contributed by atoms with Crippen LogP contribution in [0.4, 0.5) is 17.3 Å². The first kappa shape index (κ1) is 17.1. The highest BCUT2D eigenvalue weighted by Gasteiger charge is 2.22. The van der Waals surface area contributed by atoms with Crippen LogP contribution in [-0.4, -0.2) is 44.8 Å². The summed E-state index contributed by atoms with van der Waals surface area (Å²) in [5.41, 5.74) is 1.28. The summed E-state index contributed by atoms with van der Waals surface area (Å²) in [6, 6.07) is 7.61. The Balaban J connectivity index is 1.71. The molecule has 0 bridgehead atoms. The molecule has 1 aliphatic rings. The third kappa shape index (κ3) is 4.03. The van der Waals surface area contributed by atoms with Crippen LogP contribution in [0.3, 0.4) is 0 Å². The van der Waals surface area contributed by atoms with E-state index in [1.807, 2.05) is 0 Å². The zero-order chi connectivity index (χ0) is 17.9. The molecule has 3 N–H and O–H groups in total. The molecule has 1 aromatic heterocycles. The molecule has 2 heterocycles. The van der Waals surface area contributed by atoms with E-state index in [9.17, 15) is 13.2 Å². The van der Waals surface area contributed by atoms with Gasteiger partial charge in [0.1, 0.15) is 5.82 Å². The second-order valence-corrected chi connectivity index (χ2v) is 7.06. The van der Waals surface area contributed by atoms with Crippen LogP contribution in [0.15, 0.2) is 35.2 Å². The number of benzene rings is 1. The third-order valence-electron chi connectivity index (χ3n) is 3.53. The van der Waals surface area contributed by atoms with E-state index in [1.54, 1.807) is 19.2 Å². The molecule has 0 atom stereocenters. The summed E-state index contributed by atoms with van der Waals surface area (Å²) in [5.74, 6) is 0.467. The van der Waals surface area contributed by atoms with Crippen molar-refractivity contribution in [1.82, 2.24) is 10.2 Å². The van der Waals surface area contributed by atoms with Crippen molar-refractivity contribution in [3.05, 3.63) is 35.9 Å². The summed E-state index contributed by atoms with van der Waals surface area (Å²) >= 11 is 0. The number of aromatic nitrogens is 2. The van der Waals surface area contributed by atoms with Crippen LogP contribution >= 0.6 is 0 Å². The molecule has 0 unspecified atom stereocenters. The number of rotatable bonds is 7. The van der Waals surface area contributed by atoms with Crippen LogP contribution in [0.5, 0.6) is 0 Å². The van der Waals surface area contributed by atoms with Crippen molar-refractivity contribution in [3.63, 3.8) is 0 Å². The largest absolute Gasteiger partial charge is 0.383 e. The van der Waals surface area contributed by atoms with Crippen LogP contribution in [0.25, 0.3) is 0 Å². The summed E-state index contributed by atoms with van der Waals surface area (Å²) in [6.45, 7) is 1.09. The minimum atomic E-state index is -3.82. The van der Waals surface area contributed by atoms with E-state index < -0.39 is 10.0 Å². The first-order valence-electron chi connectivity index (χ1n) is 7.50. The van der Waals surface area contributed by atoms with Gasteiger partial charge in [0.25, 0.3) is 10.0 Å². The van der Waals surface area contributed by atoms with Gasteiger partial charge in [-0.1, -0.05) is 0 Å². The van der Waals surface area contributed by atoms with Gasteiger partial charge in [0.15, 0.2) is 5.82 Å². The molecule has 1 aromatic carbocycles. The SMILES string of the molecule is COCCNc1ccc(NS(=O)(=O)c2ccc3c(c2)CC(=O)N3)nn1. The standard InChI is InChI=1S/C15H17N5O4S/c1-24-7-6-16-13-4-5-14(19-18-13)20-25(22,23)11-2-3-12-10(8-11)9-15(21)17-12/h2-5,8H,6-7,9H2,1H3,(H,16,18)(H,17,21)(H,19,20). The molecule has 0 saturated carbocycles. The second-order valence-electron chi connectivity index (χ2n) is 5.37. The molecular formula is C15H17N5O4S. The van der Waals surface area contributed by atoms with Gasteiger partial charge in [0.2, 0.25) is 5.91 Å². The zero-order valence-corrected chi connectivity index (χ0v) is 14.3. The summed E-state index contributed by atoms with van der Waals surface area (Å²) < 4.78 is 32.2. The molecule has 0 radical (unpaired) electrons. The van der Waals surface area contributed by atoms with Crippen molar-refractivity contribution < 1.29 is 17.9 Å². The lowest BCUT2D eigenvalue weighted by Crippen LogP contribution is -2.15. The second kappa shape index (κ2) is 7.03. The summed E-state index contributed by atoms with van der Waals surface area (Å²) in [7, 11) is -2.22. The Hall–Kier alpha value is -2.72. The average Bonchev–Trinajstić information content (AvgIpc) is 2.95. The molecule has 2 aromatic rings. The van der Waals surface area contributed by atoms with E-state index in [1.165, 1.54) is 18.2 Å². The summed E-state index contributed by atoms with van der Waals surface area (Å²) in [6.07, 6.45) is 0.167. The minimum Gasteiger partial charge on any atom is -0.383 e. The number of nitrogens with one attached hydrogen (secondary N) is 3. The van der Waals surface area contributed by atoms with E-state index in [0.717, 1.165) is 0 Å². The lowest BCUT2D eigenvalue weighted by atomic mass is 10.2. The Morgan fingerprint density at radius 3 is 2.68 bits per heavy atom. The summed E-state index contributed by atoms with van der Waals surface area (Å²) in [4.78, 5) is 11.4. The molecule has 10 heteroatoms. The number of ether oxygens (including phenoxy) is 1. The molecule has 3 rings (SSSR count). The highest BCUT2D eigenvalue weighted by Crippen LogP contribution is 2.26. The van der Waals surface area contributed by atoms with Crippen molar-refractivity contribution in [2.75, 3.05) is 35.6 Å². The van der Waals surface area contributed by atoms with Crippen LogP contribution < -0.4 is 15.4 Å². The lowest BCUT2D eigenvalue weighted by molar-refractivity contribution is -0.115. The fourth-order valence-electron chi connectivity index (χ4n) is 2.33. The number of carbonyl (C=O) groups is 1. The maximum Gasteiger partial charge on any atom is 0.263 e. The highest BCUT2D eigenvalue weighted by atomic mass is 32.2.